The average Bonchev–Trinajstić information content (AvgIpc) is 3.54. The Balaban J connectivity index is 1.72. The molecule has 0 saturated heterocycles. The number of methoxy groups -OCH3 is 1. The number of nitrogens with one attached hydrogen (secondary N) is 1. The summed E-state index contributed by atoms with van der Waals surface area (Å²) in [4.78, 5) is 20.0. The van der Waals surface area contributed by atoms with Crippen molar-refractivity contribution in [1.82, 2.24) is 20.2 Å². The number of halogens is 3. The van der Waals surface area contributed by atoms with Crippen LogP contribution in [0, 0.1) is 29.1 Å². The molecular formula is C22H15F3N6O2S. The minimum absolute atomic E-state index is 0.00706. The number of ether oxygens (including phenoxy) is 1. The molecule has 1 fully saturated rings. The number of nitrogens with zero attached hydrogens (tertiary/aromatic N) is 5. The van der Waals surface area contributed by atoms with Gasteiger partial charge >= 0.3 is 6.18 Å². The van der Waals surface area contributed by atoms with E-state index in [4.69, 9.17) is 10.00 Å². The van der Waals surface area contributed by atoms with E-state index in [0.29, 0.717) is 16.5 Å². The molecule has 1 aromatic carbocycles. The molecule has 172 valence electrons. The molecule has 2 heterocycles. The molecule has 12 heteroatoms. The normalized spacial score (nSPS) is 12.9. The Labute approximate surface area is 195 Å². The fraction of sp³-hybridized carbons (Fsp3) is 0.273. The maximum absolute atomic E-state index is 13.3. The SMILES string of the molecule is COc1cnc(C(F)(F)F)nc1-c1cc(CC#N)ccc1C(=O)Nc1nnc(C#CC2CC2)s1. The lowest BCUT2D eigenvalue weighted by Gasteiger charge is -2.14. The highest BCUT2D eigenvalue weighted by Crippen LogP contribution is 2.35. The predicted molar refractivity (Wildman–Crippen MR) is 116 cm³/mol. The summed E-state index contributed by atoms with van der Waals surface area (Å²) in [5.41, 5.74) is 0.306. The van der Waals surface area contributed by atoms with E-state index in [0.717, 1.165) is 30.4 Å². The van der Waals surface area contributed by atoms with Crippen molar-refractivity contribution >= 4 is 22.4 Å². The third kappa shape index (κ3) is 5.30. The summed E-state index contributed by atoms with van der Waals surface area (Å²) in [5.74, 6) is 4.23. The minimum atomic E-state index is -4.81. The number of carbonyl (C=O) groups is 1. The monoisotopic (exact) mass is 484 g/mol. The summed E-state index contributed by atoms with van der Waals surface area (Å²) in [7, 11) is 1.25. The molecular weight excluding hydrogens is 469 g/mol. The Morgan fingerprint density at radius 1 is 1.32 bits per heavy atom. The Morgan fingerprint density at radius 3 is 2.79 bits per heavy atom. The van der Waals surface area contributed by atoms with Gasteiger partial charge in [0, 0.05) is 17.0 Å². The second-order valence-corrected chi connectivity index (χ2v) is 8.21. The van der Waals surface area contributed by atoms with Gasteiger partial charge in [-0.3, -0.25) is 10.1 Å². The first-order valence-corrected chi connectivity index (χ1v) is 10.7. The Hall–Kier alpha value is -4.03. The van der Waals surface area contributed by atoms with Gasteiger partial charge in [-0.05, 0) is 36.5 Å². The zero-order valence-electron chi connectivity index (χ0n) is 17.6. The lowest BCUT2D eigenvalue weighted by molar-refractivity contribution is -0.144. The molecule has 1 aliphatic rings. The van der Waals surface area contributed by atoms with E-state index < -0.39 is 17.9 Å². The molecule has 8 nitrogen and oxygen atoms in total. The third-order valence-electron chi connectivity index (χ3n) is 4.70. The van der Waals surface area contributed by atoms with Gasteiger partial charge in [-0.1, -0.05) is 23.3 Å². The molecule has 4 rings (SSSR count). The van der Waals surface area contributed by atoms with Crippen LogP contribution in [0.2, 0.25) is 0 Å². The van der Waals surface area contributed by atoms with Crippen LogP contribution >= 0.6 is 11.3 Å². The van der Waals surface area contributed by atoms with Crippen molar-refractivity contribution in [3.8, 4) is 34.9 Å². The Bertz CT molecular complexity index is 1350. The Kier molecular flexibility index (Phi) is 6.43. The van der Waals surface area contributed by atoms with E-state index in [1.807, 2.05) is 6.07 Å². The van der Waals surface area contributed by atoms with E-state index in [2.05, 4.69) is 37.3 Å². The van der Waals surface area contributed by atoms with E-state index in [-0.39, 0.29) is 34.1 Å². The third-order valence-corrected chi connectivity index (χ3v) is 5.46. The van der Waals surface area contributed by atoms with Gasteiger partial charge in [-0.25, -0.2) is 9.97 Å². The van der Waals surface area contributed by atoms with Crippen LogP contribution in [0.3, 0.4) is 0 Å². The van der Waals surface area contributed by atoms with Crippen molar-refractivity contribution < 1.29 is 22.7 Å². The largest absolute Gasteiger partial charge is 0.493 e. The zero-order valence-corrected chi connectivity index (χ0v) is 18.4. The molecule has 0 atom stereocenters. The number of nitriles is 1. The maximum atomic E-state index is 13.3. The highest BCUT2D eigenvalue weighted by molar-refractivity contribution is 7.15. The molecule has 2 aromatic heterocycles. The zero-order chi connectivity index (χ0) is 24.3. The number of carbonyl (C=O) groups excluding carboxylic acids is 1. The number of benzene rings is 1. The van der Waals surface area contributed by atoms with Crippen molar-refractivity contribution in [2.24, 2.45) is 5.92 Å². The van der Waals surface area contributed by atoms with Crippen LogP contribution in [0.5, 0.6) is 5.75 Å². The second kappa shape index (κ2) is 9.45. The van der Waals surface area contributed by atoms with Gasteiger partial charge < -0.3 is 4.74 Å². The number of anilines is 1. The van der Waals surface area contributed by atoms with Crippen molar-refractivity contribution in [2.45, 2.75) is 25.4 Å². The van der Waals surface area contributed by atoms with Crippen LogP contribution in [-0.2, 0) is 12.6 Å². The number of hydrogen-bond acceptors (Lipinski definition) is 8. The molecule has 0 unspecified atom stereocenters. The lowest BCUT2D eigenvalue weighted by atomic mass is 9.98. The molecule has 34 heavy (non-hydrogen) atoms. The summed E-state index contributed by atoms with van der Waals surface area (Å²) in [6, 6.07) is 6.33. The van der Waals surface area contributed by atoms with E-state index >= 15 is 0 Å². The smallest absolute Gasteiger partial charge is 0.451 e. The average molecular weight is 484 g/mol. The first kappa shape index (κ1) is 23.1. The number of alkyl halides is 3. The summed E-state index contributed by atoms with van der Waals surface area (Å²) in [6.07, 6.45) is -1.82. The predicted octanol–water partition coefficient (Wildman–Crippen LogP) is 4.10. The molecule has 1 aliphatic carbocycles. The molecule has 0 aliphatic heterocycles. The van der Waals surface area contributed by atoms with E-state index in [1.165, 1.54) is 25.3 Å². The molecule has 0 radical (unpaired) electrons. The molecule has 1 saturated carbocycles. The summed E-state index contributed by atoms with van der Waals surface area (Å²) >= 11 is 1.08. The minimum Gasteiger partial charge on any atom is -0.493 e. The second-order valence-electron chi connectivity index (χ2n) is 7.23. The maximum Gasteiger partial charge on any atom is 0.451 e. The fourth-order valence-electron chi connectivity index (χ4n) is 2.92. The topological polar surface area (TPSA) is 114 Å². The van der Waals surface area contributed by atoms with Crippen LogP contribution in [0.1, 0.15) is 39.6 Å². The molecule has 1 amide bonds. The van der Waals surface area contributed by atoms with Crippen LogP contribution in [0.15, 0.2) is 24.4 Å². The molecule has 3 aromatic rings. The first-order chi connectivity index (χ1) is 16.3. The van der Waals surface area contributed by atoms with Crippen LogP contribution in [0.4, 0.5) is 18.3 Å². The van der Waals surface area contributed by atoms with Gasteiger partial charge in [0.05, 0.1) is 25.8 Å². The molecule has 1 N–H and O–H groups in total. The summed E-state index contributed by atoms with van der Waals surface area (Å²) in [6.45, 7) is 0. The van der Waals surface area contributed by atoms with Crippen molar-refractivity contribution in [3.63, 3.8) is 0 Å². The molecule has 0 spiro atoms. The van der Waals surface area contributed by atoms with Crippen molar-refractivity contribution in [3.05, 3.63) is 46.4 Å². The highest BCUT2D eigenvalue weighted by Gasteiger charge is 2.36. The first-order valence-electron chi connectivity index (χ1n) is 9.93. The lowest BCUT2D eigenvalue weighted by Crippen LogP contribution is -2.15. The van der Waals surface area contributed by atoms with Crippen molar-refractivity contribution in [2.75, 3.05) is 12.4 Å². The van der Waals surface area contributed by atoms with Crippen LogP contribution in [-0.4, -0.2) is 33.2 Å². The van der Waals surface area contributed by atoms with Gasteiger partial charge in [0.1, 0.15) is 5.69 Å². The van der Waals surface area contributed by atoms with E-state index in [1.54, 1.807) is 0 Å². The van der Waals surface area contributed by atoms with Crippen LogP contribution in [0.25, 0.3) is 11.3 Å². The highest BCUT2D eigenvalue weighted by atomic mass is 32.1. The quantitative estimate of drug-likeness (QED) is 0.543. The van der Waals surface area contributed by atoms with Gasteiger partial charge in [0.15, 0.2) is 10.8 Å². The Morgan fingerprint density at radius 2 is 2.12 bits per heavy atom. The fourth-order valence-corrected chi connectivity index (χ4v) is 3.52. The number of aromatic nitrogens is 4. The summed E-state index contributed by atoms with van der Waals surface area (Å²) < 4.78 is 45.0. The van der Waals surface area contributed by atoms with Crippen molar-refractivity contribution in [1.29, 1.82) is 5.26 Å². The number of rotatable bonds is 5. The van der Waals surface area contributed by atoms with E-state index in [9.17, 15) is 18.0 Å². The number of amides is 1. The van der Waals surface area contributed by atoms with Gasteiger partial charge in [-0.15, -0.1) is 10.2 Å². The van der Waals surface area contributed by atoms with Gasteiger partial charge in [0.25, 0.3) is 5.91 Å². The standard InChI is InChI=1S/C22H15F3N6O2S/c1-33-16-11-27-20(22(23,24)25)28-18(16)15-10-13(8-9-26)4-6-14(15)19(32)29-21-31-30-17(34-21)7-5-12-2-3-12/h4,6,10-12H,2-3,8H2,1H3,(H,29,31,32). The van der Waals surface area contributed by atoms with Gasteiger partial charge in [0.2, 0.25) is 11.0 Å². The molecule has 0 bridgehead atoms. The number of hydrogen-bond donors (Lipinski definition) is 1. The summed E-state index contributed by atoms with van der Waals surface area (Å²) in [5, 5.41) is 20.1. The van der Waals surface area contributed by atoms with Gasteiger partial charge in [-0.2, -0.15) is 18.4 Å². The van der Waals surface area contributed by atoms with Crippen LogP contribution < -0.4 is 10.1 Å².